The van der Waals surface area contributed by atoms with Crippen LogP contribution < -0.4 is 5.73 Å². The Morgan fingerprint density at radius 2 is 1.93 bits per heavy atom. The van der Waals surface area contributed by atoms with E-state index in [0.29, 0.717) is 11.6 Å². The summed E-state index contributed by atoms with van der Waals surface area (Å²) in [5.41, 5.74) is 7.02. The predicted octanol–water partition coefficient (Wildman–Crippen LogP) is 2.42. The second kappa shape index (κ2) is 3.91. The average molecular weight is 201 g/mol. The number of hydrogen-bond donors (Lipinski definition) is 1. The highest BCUT2D eigenvalue weighted by Crippen LogP contribution is 2.17. The van der Waals surface area contributed by atoms with Gasteiger partial charge in [-0.3, -0.25) is 0 Å². The normalized spacial score (nSPS) is 11.0. The van der Waals surface area contributed by atoms with Gasteiger partial charge in [0.05, 0.1) is 5.69 Å². The Bertz CT molecular complexity index is 469. The molecule has 2 aromatic rings. The molecule has 0 spiro atoms. The molecule has 2 N–H and O–H groups in total. The largest absolute Gasteiger partial charge is 0.399 e. The van der Waals surface area contributed by atoms with Crippen LogP contribution in [0, 0.1) is 0 Å². The summed E-state index contributed by atoms with van der Waals surface area (Å²) >= 11 is 0. The van der Waals surface area contributed by atoms with Crippen molar-refractivity contribution >= 4 is 17.3 Å². The van der Waals surface area contributed by atoms with Crippen LogP contribution >= 0.6 is 0 Å². The topological polar surface area (TPSA) is 68.6 Å². The maximum absolute atomic E-state index is 5.55. The first-order valence-corrected chi connectivity index (χ1v) is 4.50. The molecule has 0 saturated heterocycles. The fourth-order valence-corrected chi connectivity index (χ4v) is 1.10. The molecule has 76 valence electrons. The van der Waals surface area contributed by atoms with Gasteiger partial charge in [-0.1, -0.05) is 0 Å². The summed E-state index contributed by atoms with van der Waals surface area (Å²) < 4.78 is 1.79. The molecule has 2 rings (SSSR count). The number of anilines is 1. The molecule has 5 heteroatoms. The lowest BCUT2D eigenvalue weighted by atomic mass is 10.3. The van der Waals surface area contributed by atoms with Gasteiger partial charge in [0.2, 0.25) is 5.95 Å². The van der Waals surface area contributed by atoms with E-state index in [2.05, 4.69) is 15.2 Å². The van der Waals surface area contributed by atoms with E-state index < -0.39 is 0 Å². The number of rotatable bonds is 2. The third-order valence-electron chi connectivity index (χ3n) is 1.94. The van der Waals surface area contributed by atoms with Crippen LogP contribution in [0.2, 0.25) is 0 Å². The highest BCUT2D eigenvalue weighted by Gasteiger charge is 1.95. The zero-order chi connectivity index (χ0) is 10.7. The number of nitrogens with two attached hydrogens (primary N) is 1. The molecule has 0 aliphatic heterocycles. The standard InChI is InChI=1S/C10H11N5/c1-15-7-6-12-10(15)14-13-9-4-2-8(11)3-5-9/h2-7H,11H2,1H3/b14-13+. The second-order valence-electron chi connectivity index (χ2n) is 3.13. The Morgan fingerprint density at radius 1 is 1.20 bits per heavy atom. The first-order valence-electron chi connectivity index (χ1n) is 4.50. The van der Waals surface area contributed by atoms with Crippen molar-refractivity contribution in [3.63, 3.8) is 0 Å². The molecule has 0 bridgehead atoms. The number of nitrogen functional groups attached to an aromatic ring is 1. The molecule has 0 unspecified atom stereocenters. The van der Waals surface area contributed by atoms with E-state index >= 15 is 0 Å². The molecule has 0 saturated carbocycles. The number of aryl methyl sites for hydroxylation is 1. The van der Waals surface area contributed by atoms with E-state index in [-0.39, 0.29) is 0 Å². The molecule has 0 fully saturated rings. The summed E-state index contributed by atoms with van der Waals surface area (Å²) in [6, 6.07) is 7.18. The van der Waals surface area contributed by atoms with Gasteiger partial charge in [-0.05, 0) is 24.3 Å². The summed E-state index contributed by atoms with van der Waals surface area (Å²) in [6.07, 6.45) is 3.49. The van der Waals surface area contributed by atoms with Crippen molar-refractivity contribution in [2.24, 2.45) is 17.3 Å². The fraction of sp³-hybridized carbons (Fsp3) is 0.100. The van der Waals surface area contributed by atoms with Gasteiger partial charge in [0.15, 0.2) is 0 Å². The minimum Gasteiger partial charge on any atom is -0.399 e. The number of aromatic nitrogens is 2. The van der Waals surface area contributed by atoms with Gasteiger partial charge >= 0.3 is 0 Å². The summed E-state index contributed by atoms with van der Waals surface area (Å²) in [5, 5.41) is 8.04. The van der Waals surface area contributed by atoms with Crippen molar-refractivity contribution in [3.8, 4) is 0 Å². The zero-order valence-corrected chi connectivity index (χ0v) is 8.33. The van der Waals surface area contributed by atoms with E-state index in [4.69, 9.17) is 5.73 Å². The van der Waals surface area contributed by atoms with Gasteiger partial charge in [0, 0.05) is 25.1 Å². The molecule has 15 heavy (non-hydrogen) atoms. The van der Waals surface area contributed by atoms with Crippen LogP contribution in [0.25, 0.3) is 0 Å². The van der Waals surface area contributed by atoms with Crippen molar-refractivity contribution < 1.29 is 0 Å². The van der Waals surface area contributed by atoms with E-state index in [1.807, 2.05) is 25.4 Å². The number of imidazole rings is 1. The molecule has 0 atom stereocenters. The minimum absolute atomic E-state index is 0.576. The quantitative estimate of drug-likeness (QED) is 0.598. The lowest BCUT2D eigenvalue weighted by molar-refractivity contribution is 0.893. The molecule has 5 nitrogen and oxygen atoms in total. The van der Waals surface area contributed by atoms with E-state index in [9.17, 15) is 0 Å². The van der Waals surface area contributed by atoms with Crippen molar-refractivity contribution in [1.82, 2.24) is 9.55 Å². The number of nitrogens with zero attached hydrogens (tertiary/aromatic N) is 4. The van der Waals surface area contributed by atoms with Gasteiger partial charge in [-0.15, -0.1) is 10.2 Å². The van der Waals surface area contributed by atoms with E-state index in [0.717, 1.165) is 5.69 Å². The maximum atomic E-state index is 5.55. The van der Waals surface area contributed by atoms with Gasteiger partial charge in [-0.25, -0.2) is 4.98 Å². The van der Waals surface area contributed by atoms with Crippen LogP contribution in [0.3, 0.4) is 0 Å². The lowest BCUT2D eigenvalue weighted by Gasteiger charge is -1.94. The Balaban J connectivity index is 2.19. The zero-order valence-electron chi connectivity index (χ0n) is 8.33. The van der Waals surface area contributed by atoms with Crippen LogP contribution in [0.5, 0.6) is 0 Å². The van der Waals surface area contributed by atoms with Crippen LogP contribution in [-0.4, -0.2) is 9.55 Å². The monoisotopic (exact) mass is 201 g/mol. The third kappa shape index (κ3) is 2.19. The molecule has 1 heterocycles. The van der Waals surface area contributed by atoms with Crippen molar-refractivity contribution in [2.45, 2.75) is 0 Å². The highest BCUT2D eigenvalue weighted by molar-refractivity contribution is 5.47. The summed E-state index contributed by atoms with van der Waals surface area (Å²) in [4.78, 5) is 4.03. The molecular weight excluding hydrogens is 190 g/mol. The third-order valence-corrected chi connectivity index (χ3v) is 1.94. The fourth-order valence-electron chi connectivity index (χ4n) is 1.10. The summed E-state index contributed by atoms with van der Waals surface area (Å²) in [6.45, 7) is 0. The highest BCUT2D eigenvalue weighted by atomic mass is 15.2. The number of hydrogen-bond acceptors (Lipinski definition) is 4. The lowest BCUT2D eigenvalue weighted by Crippen LogP contribution is -1.82. The first-order chi connectivity index (χ1) is 7.25. The van der Waals surface area contributed by atoms with E-state index in [1.165, 1.54) is 0 Å². The Morgan fingerprint density at radius 3 is 2.53 bits per heavy atom. The van der Waals surface area contributed by atoms with Crippen molar-refractivity contribution in [2.75, 3.05) is 5.73 Å². The SMILES string of the molecule is Cn1ccnc1/N=N/c1ccc(N)cc1. The Kier molecular flexibility index (Phi) is 2.45. The molecule has 1 aromatic carbocycles. The molecule has 1 aromatic heterocycles. The van der Waals surface area contributed by atoms with Gasteiger partial charge in [0.25, 0.3) is 0 Å². The van der Waals surface area contributed by atoms with Gasteiger partial charge in [-0.2, -0.15) is 0 Å². The molecule has 0 radical (unpaired) electrons. The first kappa shape index (κ1) is 9.39. The van der Waals surface area contributed by atoms with Gasteiger partial charge < -0.3 is 10.3 Å². The van der Waals surface area contributed by atoms with Crippen LogP contribution in [0.15, 0.2) is 46.9 Å². The molecule has 0 aliphatic carbocycles. The van der Waals surface area contributed by atoms with Gasteiger partial charge in [0.1, 0.15) is 0 Å². The molecule has 0 aliphatic rings. The maximum Gasteiger partial charge on any atom is 0.249 e. The Labute approximate surface area is 87.3 Å². The predicted molar refractivity (Wildman–Crippen MR) is 58.2 cm³/mol. The summed E-state index contributed by atoms with van der Waals surface area (Å²) in [7, 11) is 1.87. The number of benzene rings is 1. The molecule has 0 amide bonds. The van der Waals surface area contributed by atoms with E-state index in [1.54, 1.807) is 22.9 Å². The molecular formula is C10H11N5. The van der Waals surface area contributed by atoms with Crippen LogP contribution in [0.4, 0.5) is 17.3 Å². The van der Waals surface area contributed by atoms with Crippen LogP contribution in [0.1, 0.15) is 0 Å². The second-order valence-corrected chi connectivity index (χ2v) is 3.13. The smallest absolute Gasteiger partial charge is 0.249 e. The van der Waals surface area contributed by atoms with Crippen molar-refractivity contribution in [3.05, 3.63) is 36.7 Å². The van der Waals surface area contributed by atoms with Crippen LogP contribution in [-0.2, 0) is 7.05 Å². The average Bonchev–Trinajstić information content (AvgIpc) is 2.63. The Hall–Kier alpha value is -2.17. The summed E-state index contributed by atoms with van der Waals surface area (Å²) in [5.74, 6) is 0.576. The minimum atomic E-state index is 0.576. The van der Waals surface area contributed by atoms with Crippen molar-refractivity contribution in [1.29, 1.82) is 0 Å². The number of azo groups is 1.